The minimum atomic E-state index is -0.514. The van der Waals surface area contributed by atoms with Crippen LogP contribution in [0.5, 0.6) is 11.5 Å². The number of ether oxygens (including phenoxy) is 1. The van der Waals surface area contributed by atoms with Crippen molar-refractivity contribution in [2.75, 3.05) is 0 Å². The summed E-state index contributed by atoms with van der Waals surface area (Å²) in [5.74, 6) is 0.765. The van der Waals surface area contributed by atoms with Crippen molar-refractivity contribution in [3.05, 3.63) is 63.2 Å². The molecule has 2 rings (SSSR count). The summed E-state index contributed by atoms with van der Waals surface area (Å²) in [6, 6.07) is 11.6. The molecule has 0 unspecified atom stereocenters. The highest BCUT2D eigenvalue weighted by molar-refractivity contribution is 6.30. The Bertz CT molecular complexity index is 599. The molecule has 92 valence electrons. The van der Waals surface area contributed by atoms with Crippen LogP contribution in [0.25, 0.3) is 0 Å². The van der Waals surface area contributed by atoms with Crippen LogP contribution in [-0.4, -0.2) is 4.92 Å². The number of nitro groups is 1. The molecule has 0 aliphatic heterocycles. The normalized spacial score (nSPS) is 10.1. The molecular weight excluding hydrogens is 254 g/mol. The maximum atomic E-state index is 10.9. The molecule has 0 bridgehead atoms. The number of aryl methyl sites for hydroxylation is 1. The summed E-state index contributed by atoms with van der Waals surface area (Å²) >= 11 is 5.74. The first kappa shape index (κ1) is 12.4. The highest BCUT2D eigenvalue weighted by atomic mass is 35.5. The molecule has 0 radical (unpaired) electrons. The van der Waals surface area contributed by atoms with Crippen LogP contribution in [0.4, 0.5) is 5.69 Å². The highest BCUT2D eigenvalue weighted by Gasteiger charge is 2.16. The summed E-state index contributed by atoms with van der Waals surface area (Å²) in [6.45, 7) is 1.87. The lowest BCUT2D eigenvalue weighted by Crippen LogP contribution is -1.94. The first-order valence-electron chi connectivity index (χ1n) is 5.25. The van der Waals surface area contributed by atoms with Gasteiger partial charge in [0.05, 0.1) is 4.92 Å². The van der Waals surface area contributed by atoms with Crippen LogP contribution in [-0.2, 0) is 0 Å². The van der Waals surface area contributed by atoms with E-state index in [4.69, 9.17) is 16.3 Å². The fourth-order valence-electron chi connectivity index (χ4n) is 1.51. The summed E-state index contributed by atoms with van der Waals surface area (Å²) in [5.41, 5.74) is 0.757. The van der Waals surface area contributed by atoms with Gasteiger partial charge in [0.15, 0.2) is 0 Å². The SMILES string of the molecule is Cc1ccccc1Oc1ccc(Cl)cc1[N+](=O)[O-]. The maximum absolute atomic E-state index is 10.9. The van der Waals surface area contributed by atoms with Gasteiger partial charge in [0.25, 0.3) is 0 Å². The number of nitro benzene ring substituents is 1. The molecule has 0 aliphatic rings. The molecule has 4 nitrogen and oxygen atoms in total. The van der Waals surface area contributed by atoms with Gasteiger partial charge in [0, 0.05) is 11.1 Å². The minimum absolute atomic E-state index is 0.147. The summed E-state index contributed by atoms with van der Waals surface area (Å²) in [5, 5.41) is 11.2. The summed E-state index contributed by atoms with van der Waals surface area (Å²) in [7, 11) is 0. The van der Waals surface area contributed by atoms with Crippen LogP contribution < -0.4 is 4.74 Å². The average molecular weight is 264 g/mol. The molecule has 0 saturated carbocycles. The number of rotatable bonds is 3. The Morgan fingerprint density at radius 1 is 1.17 bits per heavy atom. The van der Waals surface area contributed by atoms with Gasteiger partial charge in [-0.1, -0.05) is 29.8 Å². The van der Waals surface area contributed by atoms with Gasteiger partial charge in [0.1, 0.15) is 5.75 Å². The molecule has 0 heterocycles. The van der Waals surface area contributed by atoms with Gasteiger partial charge in [-0.05, 0) is 30.7 Å². The largest absolute Gasteiger partial charge is 0.450 e. The van der Waals surface area contributed by atoms with Gasteiger partial charge in [-0.25, -0.2) is 0 Å². The van der Waals surface area contributed by atoms with Crippen molar-refractivity contribution in [1.29, 1.82) is 0 Å². The van der Waals surface area contributed by atoms with Crippen molar-refractivity contribution in [2.24, 2.45) is 0 Å². The molecule has 0 amide bonds. The Labute approximate surface area is 109 Å². The first-order valence-corrected chi connectivity index (χ1v) is 5.63. The Hall–Kier alpha value is -2.07. The quantitative estimate of drug-likeness (QED) is 0.611. The predicted molar refractivity (Wildman–Crippen MR) is 69.4 cm³/mol. The number of benzene rings is 2. The van der Waals surface area contributed by atoms with E-state index in [0.29, 0.717) is 10.8 Å². The highest BCUT2D eigenvalue weighted by Crippen LogP contribution is 2.34. The van der Waals surface area contributed by atoms with E-state index < -0.39 is 4.92 Å². The molecule has 0 atom stereocenters. The summed E-state index contributed by atoms with van der Waals surface area (Å²) in [4.78, 5) is 10.4. The smallest absolute Gasteiger partial charge is 0.313 e. The van der Waals surface area contributed by atoms with Crippen molar-refractivity contribution in [2.45, 2.75) is 6.92 Å². The van der Waals surface area contributed by atoms with E-state index in [-0.39, 0.29) is 11.4 Å². The fourth-order valence-corrected chi connectivity index (χ4v) is 1.68. The third-order valence-electron chi connectivity index (χ3n) is 2.43. The molecule has 0 saturated heterocycles. The van der Waals surface area contributed by atoms with E-state index >= 15 is 0 Å². The zero-order chi connectivity index (χ0) is 13.1. The van der Waals surface area contributed by atoms with Crippen molar-refractivity contribution < 1.29 is 9.66 Å². The Balaban J connectivity index is 2.41. The van der Waals surface area contributed by atoms with E-state index in [0.717, 1.165) is 5.56 Å². The zero-order valence-electron chi connectivity index (χ0n) is 9.59. The molecule has 2 aromatic rings. The van der Waals surface area contributed by atoms with Crippen LogP contribution in [0.1, 0.15) is 5.56 Å². The summed E-state index contributed by atoms with van der Waals surface area (Å²) < 4.78 is 5.56. The van der Waals surface area contributed by atoms with Gasteiger partial charge in [-0.2, -0.15) is 0 Å². The van der Waals surface area contributed by atoms with Gasteiger partial charge in [-0.15, -0.1) is 0 Å². The minimum Gasteiger partial charge on any atom is -0.450 e. The molecule has 0 aliphatic carbocycles. The molecule has 0 N–H and O–H groups in total. The van der Waals surface area contributed by atoms with Crippen LogP contribution in [0.3, 0.4) is 0 Å². The van der Waals surface area contributed by atoms with Gasteiger partial charge >= 0.3 is 5.69 Å². The lowest BCUT2D eigenvalue weighted by Gasteiger charge is -2.08. The second kappa shape index (κ2) is 5.06. The molecule has 0 fully saturated rings. The zero-order valence-corrected chi connectivity index (χ0v) is 10.3. The topological polar surface area (TPSA) is 52.4 Å². The van der Waals surface area contributed by atoms with Crippen molar-refractivity contribution in [1.82, 2.24) is 0 Å². The van der Waals surface area contributed by atoms with Crippen molar-refractivity contribution in [3.63, 3.8) is 0 Å². The molecular formula is C13H10ClNO3. The third kappa shape index (κ3) is 2.60. The monoisotopic (exact) mass is 263 g/mol. The Kier molecular flexibility index (Phi) is 3.48. The Morgan fingerprint density at radius 2 is 1.89 bits per heavy atom. The van der Waals surface area contributed by atoms with E-state index in [1.54, 1.807) is 12.1 Å². The number of nitrogens with zero attached hydrogens (tertiary/aromatic N) is 1. The van der Waals surface area contributed by atoms with Crippen LogP contribution in [0.15, 0.2) is 42.5 Å². The molecule has 5 heteroatoms. The van der Waals surface area contributed by atoms with Gasteiger partial charge < -0.3 is 4.74 Å². The van der Waals surface area contributed by atoms with Crippen molar-refractivity contribution in [3.8, 4) is 11.5 Å². The van der Waals surface area contributed by atoms with Gasteiger partial charge in [-0.3, -0.25) is 10.1 Å². The van der Waals surface area contributed by atoms with Crippen LogP contribution in [0.2, 0.25) is 5.02 Å². The molecule has 0 spiro atoms. The van der Waals surface area contributed by atoms with E-state index in [1.165, 1.54) is 12.1 Å². The lowest BCUT2D eigenvalue weighted by molar-refractivity contribution is -0.385. The standard InChI is InChI=1S/C13H10ClNO3/c1-9-4-2-3-5-12(9)18-13-7-6-10(14)8-11(13)15(16)17/h2-8H,1H3. The molecule has 18 heavy (non-hydrogen) atoms. The average Bonchev–Trinajstić information content (AvgIpc) is 2.34. The van der Waals surface area contributed by atoms with Crippen LogP contribution in [0, 0.1) is 17.0 Å². The third-order valence-corrected chi connectivity index (χ3v) is 2.67. The summed E-state index contributed by atoms with van der Waals surface area (Å²) in [6.07, 6.45) is 0. The van der Waals surface area contributed by atoms with E-state index in [2.05, 4.69) is 0 Å². The van der Waals surface area contributed by atoms with E-state index in [9.17, 15) is 10.1 Å². The van der Waals surface area contributed by atoms with E-state index in [1.807, 2.05) is 25.1 Å². The second-order valence-corrected chi connectivity index (χ2v) is 4.17. The lowest BCUT2D eigenvalue weighted by atomic mass is 10.2. The number of hydrogen-bond acceptors (Lipinski definition) is 3. The van der Waals surface area contributed by atoms with Gasteiger partial charge in [0.2, 0.25) is 5.75 Å². The number of halogens is 1. The molecule has 2 aromatic carbocycles. The van der Waals surface area contributed by atoms with Crippen molar-refractivity contribution >= 4 is 17.3 Å². The number of hydrogen-bond donors (Lipinski definition) is 0. The fraction of sp³-hybridized carbons (Fsp3) is 0.0769. The van der Waals surface area contributed by atoms with Crippen LogP contribution >= 0.6 is 11.6 Å². The predicted octanol–water partition coefficient (Wildman–Crippen LogP) is 4.35. The Morgan fingerprint density at radius 3 is 2.56 bits per heavy atom. The number of para-hydroxylation sites is 1. The second-order valence-electron chi connectivity index (χ2n) is 3.74. The first-order chi connectivity index (χ1) is 8.58. The molecule has 0 aromatic heterocycles. The maximum Gasteiger partial charge on any atom is 0.313 e.